The van der Waals surface area contributed by atoms with Gasteiger partial charge in [-0.1, -0.05) is 6.07 Å². The maximum absolute atomic E-state index is 9.17. The van der Waals surface area contributed by atoms with E-state index in [1.54, 1.807) is 23.9 Å². The number of hydrogen-bond donors (Lipinski definition) is 2. The van der Waals surface area contributed by atoms with Gasteiger partial charge in [0.15, 0.2) is 0 Å². The predicted octanol–water partition coefficient (Wildman–Crippen LogP) is 3.12. The van der Waals surface area contributed by atoms with Gasteiger partial charge in [0.05, 0.1) is 0 Å². The van der Waals surface area contributed by atoms with Crippen LogP contribution < -0.4 is 5.32 Å². The van der Waals surface area contributed by atoms with Crippen LogP contribution in [0.3, 0.4) is 0 Å². The number of nitrogens with zero attached hydrogens (tertiary/aromatic N) is 1. The minimum absolute atomic E-state index is 0.300. The minimum atomic E-state index is 0.300. The molecule has 88 valence electrons. The molecule has 0 saturated heterocycles. The molecule has 2 N–H and O–H groups in total. The average Bonchev–Trinajstić information content (AvgIpc) is 2.39. The highest BCUT2D eigenvalue weighted by Gasteiger charge is 1.98. The molecule has 0 spiro atoms. The van der Waals surface area contributed by atoms with E-state index in [0.717, 1.165) is 16.5 Å². The number of anilines is 1. The van der Waals surface area contributed by atoms with Crippen molar-refractivity contribution in [3.63, 3.8) is 0 Å². The van der Waals surface area contributed by atoms with E-state index in [-0.39, 0.29) is 0 Å². The lowest BCUT2D eigenvalue weighted by atomic mass is 10.3. The standard InChI is InChI=1S/C13H14N2OS/c1-14-13-7-2-10(8-15-13)9-17-12-5-3-11(16)4-6-12/h2-8,16H,9H2,1H3,(H,14,15). The van der Waals surface area contributed by atoms with E-state index in [2.05, 4.69) is 16.4 Å². The summed E-state index contributed by atoms with van der Waals surface area (Å²) >= 11 is 1.72. The zero-order chi connectivity index (χ0) is 12.1. The number of phenols is 1. The van der Waals surface area contributed by atoms with E-state index in [0.29, 0.717) is 5.75 Å². The Kier molecular flexibility index (Phi) is 3.88. The quantitative estimate of drug-likeness (QED) is 0.814. The Balaban J connectivity index is 1.95. The Morgan fingerprint density at radius 3 is 2.53 bits per heavy atom. The molecular formula is C13H14N2OS. The van der Waals surface area contributed by atoms with Crippen molar-refractivity contribution in [3.8, 4) is 5.75 Å². The van der Waals surface area contributed by atoms with Crippen LogP contribution in [0.5, 0.6) is 5.75 Å². The number of thioether (sulfide) groups is 1. The molecule has 1 heterocycles. The van der Waals surface area contributed by atoms with Crippen LogP contribution in [-0.2, 0) is 5.75 Å². The predicted molar refractivity (Wildman–Crippen MR) is 71.5 cm³/mol. The lowest BCUT2D eigenvalue weighted by molar-refractivity contribution is 0.475. The molecular weight excluding hydrogens is 232 g/mol. The number of aromatic hydroxyl groups is 1. The number of pyridine rings is 1. The first-order valence-corrected chi connectivity index (χ1v) is 6.31. The zero-order valence-corrected chi connectivity index (χ0v) is 10.4. The Bertz CT molecular complexity index is 468. The molecule has 1 aromatic heterocycles. The Morgan fingerprint density at radius 1 is 1.18 bits per heavy atom. The Morgan fingerprint density at radius 2 is 1.94 bits per heavy atom. The molecule has 0 saturated carbocycles. The van der Waals surface area contributed by atoms with Gasteiger partial charge in [-0.2, -0.15) is 0 Å². The number of phenolic OH excluding ortho intramolecular Hbond substituents is 1. The summed E-state index contributed by atoms with van der Waals surface area (Å²) in [5, 5.41) is 12.2. The number of benzene rings is 1. The van der Waals surface area contributed by atoms with Gasteiger partial charge < -0.3 is 10.4 Å². The molecule has 0 amide bonds. The van der Waals surface area contributed by atoms with Gasteiger partial charge in [-0.3, -0.25) is 0 Å². The fourth-order valence-electron chi connectivity index (χ4n) is 1.37. The SMILES string of the molecule is CNc1ccc(CSc2ccc(O)cc2)cn1. The van der Waals surface area contributed by atoms with Crippen molar-refractivity contribution in [2.45, 2.75) is 10.6 Å². The lowest BCUT2D eigenvalue weighted by Crippen LogP contribution is -1.92. The van der Waals surface area contributed by atoms with Crippen LogP contribution >= 0.6 is 11.8 Å². The number of hydrogen-bond acceptors (Lipinski definition) is 4. The Labute approximate surface area is 105 Å². The third-order valence-corrected chi connectivity index (χ3v) is 3.41. The zero-order valence-electron chi connectivity index (χ0n) is 9.55. The van der Waals surface area contributed by atoms with E-state index in [4.69, 9.17) is 0 Å². The molecule has 17 heavy (non-hydrogen) atoms. The molecule has 3 nitrogen and oxygen atoms in total. The van der Waals surface area contributed by atoms with Crippen molar-refractivity contribution in [3.05, 3.63) is 48.2 Å². The van der Waals surface area contributed by atoms with Crippen LogP contribution in [0.2, 0.25) is 0 Å². The van der Waals surface area contributed by atoms with Crippen molar-refractivity contribution < 1.29 is 5.11 Å². The molecule has 0 aliphatic carbocycles. The summed E-state index contributed by atoms with van der Waals surface area (Å²) in [7, 11) is 1.85. The number of aromatic nitrogens is 1. The molecule has 0 fully saturated rings. The normalized spacial score (nSPS) is 10.2. The van der Waals surface area contributed by atoms with Crippen molar-refractivity contribution >= 4 is 17.6 Å². The first kappa shape index (κ1) is 11.8. The summed E-state index contributed by atoms with van der Waals surface area (Å²) < 4.78 is 0. The highest BCUT2D eigenvalue weighted by molar-refractivity contribution is 7.98. The van der Waals surface area contributed by atoms with E-state index in [9.17, 15) is 5.11 Å². The fourth-order valence-corrected chi connectivity index (χ4v) is 2.20. The summed E-state index contributed by atoms with van der Waals surface area (Å²) in [5.74, 6) is 2.06. The molecule has 4 heteroatoms. The fraction of sp³-hybridized carbons (Fsp3) is 0.154. The van der Waals surface area contributed by atoms with E-state index < -0.39 is 0 Å². The van der Waals surface area contributed by atoms with Crippen LogP contribution in [-0.4, -0.2) is 17.1 Å². The molecule has 0 unspecified atom stereocenters. The Hall–Kier alpha value is -1.68. The molecule has 0 aliphatic heterocycles. The van der Waals surface area contributed by atoms with Crippen LogP contribution in [0.25, 0.3) is 0 Å². The third-order valence-electron chi connectivity index (χ3n) is 2.32. The second-order valence-electron chi connectivity index (χ2n) is 3.58. The second-order valence-corrected chi connectivity index (χ2v) is 4.63. The van der Waals surface area contributed by atoms with Crippen LogP contribution in [0.4, 0.5) is 5.82 Å². The smallest absolute Gasteiger partial charge is 0.125 e. The van der Waals surface area contributed by atoms with Crippen molar-refractivity contribution in [1.29, 1.82) is 0 Å². The molecule has 2 rings (SSSR count). The maximum Gasteiger partial charge on any atom is 0.125 e. The highest BCUT2D eigenvalue weighted by Crippen LogP contribution is 2.24. The summed E-state index contributed by atoms with van der Waals surface area (Å²) in [6.07, 6.45) is 1.87. The molecule has 0 bridgehead atoms. The van der Waals surface area contributed by atoms with Crippen molar-refractivity contribution in [1.82, 2.24) is 4.98 Å². The van der Waals surface area contributed by atoms with E-state index in [1.807, 2.05) is 31.4 Å². The van der Waals surface area contributed by atoms with Gasteiger partial charge in [0.25, 0.3) is 0 Å². The molecule has 2 aromatic rings. The minimum Gasteiger partial charge on any atom is -0.508 e. The number of rotatable bonds is 4. The van der Waals surface area contributed by atoms with Gasteiger partial charge in [0, 0.05) is 23.9 Å². The number of nitrogens with one attached hydrogen (secondary N) is 1. The second kappa shape index (κ2) is 5.59. The molecule has 1 aromatic carbocycles. The van der Waals surface area contributed by atoms with Gasteiger partial charge in [-0.05, 0) is 35.9 Å². The molecule has 0 radical (unpaired) electrons. The van der Waals surface area contributed by atoms with Crippen LogP contribution in [0.1, 0.15) is 5.56 Å². The topological polar surface area (TPSA) is 45.1 Å². The lowest BCUT2D eigenvalue weighted by Gasteiger charge is -2.03. The van der Waals surface area contributed by atoms with Gasteiger partial charge in [0.2, 0.25) is 0 Å². The van der Waals surface area contributed by atoms with Crippen molar-refractivity contribution in [2.75, 3.05) is 12.4 Å². The first-order valence-electron chi connectivity index (χ1n) is 5.32. The molecule has 0 aliphatic rings. The highest BCUT2D eigenvalue weighted by atomic mass is 32.2. The van der Waals surface area contributed by atoms with E-state index in [1.165, 1.54) is 5.56 Å². The largest absolute Gasteiger partial charge is 0.508 e. The van der Waals surface area contributed by atoms with Gasteiger partial charge in [-0.25, -0.2) is 4.98 Å². The third kappa shape index (κ3) is 3.39. The maximum atomic E-state index is 9.17. The summed E-state index contributed by atoms with van der Waals surface area (Å²) in [4.78, 5) is 5.40. The summed E-state index contributed by atoms with van der Waals surface area (Å²) in [6.45, 7) is 0. The monoisotopic (exact) mass is 246 g/mol. The first-order chi connectivity index (χ1) is 8.28. The summed E-state index contributed by atoms with van der Waals surface area (Å²) in [6, 6.07) is 11.2. The van der Waals surface area contributed by atoms with Gasteiger partial charge in [0.1, 0.15) is 11.6 Å². The van der Waals surface area contributed by atoms with Crippen molar-refractivity contribution in [2.24, 2.45) is 0 Å². The van der Waals surface area contributed by atoms with Crippen LogP contribution in [0.15, 0.2) is 47.5 Å². The van der Waals surface area contributed by atoms with Gasteiger partial charge >= 0.3 is 0 Å². The average molecular weight is 246 g/mol. The van der Waals surface area contributed by atoms with Crippen LogP contribution in [0, 0.1) is 0 Å². The van der Waals surface area contributed by atoms with E-state index >= 15 is 0 Å². The van der Waals surface area contributed by atoms with Gasteiger partial charge in [-0.15, -0.1) is 11.8 Å². The molecule has 0 atom stereocenters. The summed E-state index contributed by atoms with van der Waals surface area (Å²) in [5.41, 5.74) is 1.18.